The van der Waals surface area contributed by atoms with Gasteiger partial charge in [-0.05, 0) is 59.9 Å². The van der Waals surface area contributed by atoms with Gasteiger partial charge in [0.25, 0.3) is 0 Å². The van der Waals surface area contributed by atoms with Gasteiger partial charge in [0.2, 0.25) is 0 Å². The van der Waals surface area contributed by atoms with Crippen molar-refractivity contribution in [3.8, 4) is 11.5 Å². The first-order valence-electron chi connectivity index (χ1n) is 10.8. The van der Waals surface area contributed by atoms with Crippen molar-refractivity contribution >= 4 is 11.9 Å². The van der Waals surface area contributed by atoms with Crippen molar-refractivity contribution in [2.75, 3.05) is 6.61 Å². The van der Waals surface area contributed by atoms with Crippen LogP contribution in [0.15, 0.2) is 78.9 Å². The Balaban J connectivity index is 1.37. The first-order valence-corrected chi connectivity index (χ1v) is 10.8. The highest BCUT2D eigenvalue weighted by molar-refractivity contribution is 5.89. The second-order valence-electron chi connectivity index (χ2n) is 7.74. The molecule has 5 nitrogen and oxygen atoms in total. The van der Waals surface area contributed by atoms with Gasteiger partial charge in [-0.3, -0.25) is 4.79 Å². The molecule has 3 aromatic rings. The average Bonchev–Trinajstić information content (AvgIpc) is 2.82. The van der Waals surface area contributed by atoms with Crippen LogP contribution in [0.5, 0.6) is 11.5 Å². The monoisotopic (exact) mass is 432 g/mol. The van der Waals surface area contributed by atoms with E-state index in [0.29, 0.717) is 30.3 Å². The third kappa shape index (κ3) is 7.27. The Morgan fingerprint density at radius 3 is 2.12 bits per heavy atom. The fourth-order valence-electron chi connectivity index (χ4n) is 3.00. The van der Waals surface area contributed by atoms with Crippen LogP contribution < -0.4 is 9.47 Å². The fourth-order valence-corrected chi connectivity index (χ4v) is 3.00. The smallest absolute Gasteiger partial charge is 0.338 e. The zero-order valence-corrected chi connectivity index (χ0v) is 18.5. The SMILES string of the molecule is CC(C)c1ccc(OCCCC(=O)Oc2ccc(C(=O)OCc3ccccc3)cc2)cc1. The number of carbonyl (C=O) groups is 2. The summed E-state index contributed by atoms with van der Waals surface area (Å²) < 4.78 is 16.3. The summed E-state index contributed by atoms with van der Waals surface area (Å²) in [5, 5.41) is 0. The van der Waals surface area contributed by atoms with E-state index in [-0.39, 0.29) is 19.0 Å². The molecule has 0 unspecified atom stereocenters. The van der Waals surface area contributed by atoms with Gasteiger partial charge in [0, 0.05) is 6.42 Å². The molecule has 0 spiro atoms. The maximum absolute atomic E-state index is 12.2. The maximum Gasteiger partial charge on any atom is 0.338 e. The third-order valence-corrected chi connectivity index (χ3v) is 4.88. The van der Waals surface area contributed by atoms with E-state index in [1.54, 1.807) is 24.3 Å². The number of rotatable bonds is 10. The summed E-state index contributed by atoms with van der Waals surface area (Å²) in [4.78, 5) is 24.2. The van der Waals surface area contributed by atoms with Crippen LogP contribution in [0.4, 0.5) is 0 Å². The Bertz CT molecular complexity index is 992. The number of benzene rings is 3. The van der Waals surface area contributed by atoms with Crippen molar-refractivity contribution in [1.29, 1.82) is 0 Å². The largest absolute Gasteiger partial charge is 0.494 e. The molecule has 0 saturated heterocycles. The Kier molecular flexibility index (Phi) is 8.44. The predicted octanol–water partition coefficient (Wildman–Crippen LogP) is 5.93. The van der Waals surface area contributed by atoms with E-state index in [2.05, 4.69) is 26.0 Å². The number of ether oxygens (including phenoxy) is 3. The molecule has 0 radical (unpaired) electrons. The van der Waals surface area contributed by atoms with Crippen molar-refractivity contribution < 1.29 is 23.8 Å². The van der Waals surface area contributed by atoms with E-state index in [1.165, 1.54) is 5.56 Å². The molecule has 0 heterocycles. The van der Waals surface area contributed by atoms with Crippen LogP contribution in [0.2, 0.25) is 0 Å². The zero-order valence-electron chi connectivity index (χ0n) is 18.5. The van der Waals surface area contributed by atoms with Crippen LogP contribution in [0.3, 0.4) is 0 Å². The van der Waals surface area contributed by atoms with E-state index in [4.69, 9.17) is 14.2 Å². The predicted molar refractivity (Wildman–Crippen MR) is 123 cm³/mol. The van der Waals surface area contributed by atoms with Crippen molar-refractivity contribution in [3.63, 3.8) is 0 Å². The van der Waals surface area contributed by atoms with Crippen LogP contribution >= 0.6 is 0 Å². The second-order valence-corrected chi connectivity index (χ2v) is 7.74. The molecule has 0 saturated carbocycles. The van der Waals surface area contributed by atoms with E-state index < -0.39 is 5.97 Å². The topological polar surface area (TPSA) is 61.8 Å². The Labute approximate surface area is 188 Å². The standard InChI is InChI=1S/C27H28O5/c1-20(2)22-10-14-24(15-11-22)30-18-6-9-26(28)32-25-16-12-23(13-17-25)27(29)31-19-21-7-4-3-5-8-21/h3-5,7-8,10-17,20H,6,9,18-19H2,1-2H3. The third-order valence-electron chi connectivity index (χ3n) is 4.88. The summed E-state index contributed by atoms with van der Waals surface area (Å²) in [6.07, 6.45) is 0.791. The molecule has 0 fully saturated rings. The lowest BCUT2D eigenvalue weighted by Crippen LogP contribution is -2.10. The molecule has 32 heavy (non-hydrogen) atoms. The number of carbonyl (C=O) groups excluding carboxylic acids is 2. The van der Waals surface area contributed by atoms with E-state index in [0.717, 1.165) is 11.3 Å². The molecule has 3 aromatic carbocycles. The number of hydrogen-bond acceptors (Lipinski definition) is 5. The number of hydrogen-bond donors (Lipinski definition) is 0. The Hall–Kier alpha value is -3.60. The molecule has 0 aliphatic heterocycles. The lowest BCUT2D eigenvalue weighted by Gasteiger charge is -2.09. The van der Waals surface area contributed by atoms with Crippen molar-refractivity contribution in [3.05, 3.63) is 95.6 Å². The van der Waals surface area contributed by atoms with Crippen LogP contribution in [0, 0.1) is 0 Å². The first kappa shape index (κ1) is 23.1. The summed E-state index contributed by atoms with van der Waals surface area (Å²) in [6.45, 7) is 4.93. The molecule has 166 valence electrons. The summed E-state index contributed by atoms with van der Waals surface area (Å²) >= 11 is 0. The minimum atomic E-state index is -0.426. The van der Waals surface area contributed by atoms with Gasteiger partial charge in [0.1, 0.15) is 18.1 Å². The molecule has 0 N–H and O–H groups in total. The minimum Gasteiger partial charge on any atom is -0.494 e. The van der Waals surface area contributed by atoms with E-state index >= 15 is 0 Å². The summed E-state index contributed by atoms with van der Waals surface area (Å²) in [7, 11) is 0. The molecule has 0 aliphatic rings. The maximum atomic E-state index is 12.2. The van der Waals surface area contributed by atoms with Crippen LogP contribution in [0.1, 0.15) is 54.1 Å². The van der Waals surface area contributed by atoms with Gasteiger partial charge < -0.3 is 14.2 Å². The molecular weight excluding hydrogens is 404 g/mol. The van der Waals surface area contributed by atoms with Crippen LogP contribution in [0.25, 0.3) is 0 Å². The van der Waals surface area contributed by atoms with Gasteiger partial charge in [-0.1, -0.05) is 56.3 Å². The molecule has 3 rings (SSSR count). The van der Waals surface area contributed by atoms with Gasteiger partial charge in [0.15, 0.2) is 0 Å². The molecule has 0 aliphatic carbocycles. The normalized spacial score (nSPS) is 10.6. The molecule has 0 aromatic heterocycles. The van der Waals surface area contributed by atoms with E-state index in [1.807, 2.05) is 42.5 Å². The highest BCUT2D eigenvalue weighted by Crippen LogP contribution is 2.19. The molecule has 0 atom stereocenters. The summed E-state index contributed by atoms with van der Waals surface area (Å²) in [6, 6.07) is 23.8. The molecule has 0 bridgehead atoms. The van der Waals surface area contributed by atoms with Gasteiger partial charge >= 0.3 is 11.9 Å². The highest BCUT2D eigenvalue weighted by Gasteiger charge is 2.10. The summed E-state index contributed by atoms with van der Waals surface area (Å²) in [5.41, 5.74) is 2.58. The Morgan fingerprint density at radius 1 is 0.812 bits per heavy atom. The lowest BCUT2D eigenvalue weighted by molar-refractivity contribution is -0.134. The molecular formula is C27H28O5. The fraction of sp³-hybridized carbons (Fsp3) is 0.259. The lowest BCUT2D eigenvalue weighted by atomic mass is 10.0. The highest BCUT2D eigenvalue weighted by atomic mass is 16.5. The zero-order chi connectivity index (χ0) is 22.8. The van der Waals surface area contributed by atoms with Gasteiger partial charge in [0.05, 0.1) is 12.2 Å². The van der Waals surface area contributed by atoms with E-state index in [9.17, 15) is 9.59 Å². The van der Waals surface area contributed by atoms with Gasteiger partial charge in [-0.15, -0.1) is 0 Å². The summed E-state index contributed by atoms with van der Waals surface area (Å²) in [5.74, 6) is 0.888. The molecule has 5 heteroatoms. The van der Waals surface area contributed by atoms with Crippen molar-refractivity contribution in [2.45, 2.75) is 39.2 Å². The van der Waals surface area contributed by atoms with Crippen LogP contribution in [-0.2, 0) is 16.1 Å². The first-order chi connectivity index (χ1) is 15.5. The van der Waals surface area contributed by atoms with Gasteiger partial charge in [-0.2, -0.15) is 0 Å². The Morgan fingerprint density at radius 2 is 1.47 bits per heavy atom. The second kappa shape index (κ2) is 11.7. The quantitative estimate of drug-likeness (QED) is 0.226. The average molecular weight is 433 g/mol. The van der Waals surface area contributed by atoms with Crippen molar-refractivity contribution in [2.24, 2.45) is 0 Å². The minimum absolute atomic E-state index is 0.209. The molecule has 0 amide bonds. The van der Waals surface area contributed by atoms with Gasteiger partial charge in [-0.25, -0.2) is 4.79 Å². The van der Waals surface area contributed by atoms with Crippen LogP contribution in [-0.4, -0.2) is 18.5 Å². The van der Waals surface area contributed by atoms with Crippen molar-refractivity contribution in [1.82, 2.24) is 0 Å². The number of esters is 2.